The van der Waals surface area contributed by atoms with Crippen LogP contribution in [0.3, 0.4) is 0 Å². The summed E-state index contributed by atoms with van der Waals surface area (Å²) in [6.45, 7) is 3.63. The van der Waals surface area contributed by atoms with Crippen molar-refractivity contribution in [1.29, 1.82) is 0 Å². The molecule has 7 heteroatoms. The van der Waals surface area contributed by atoms with Gasteiger partial charge in [-0.25, -0.2) is 13.1 Å². The van der Waals surface area contributed by atoms with Crippen LogP contribution in [-0.4, -0.2) is 18.6 Å². The highest BCUT2D eigenvalue weighted by atomic mass is 32.2. The highest BCUT2D eigenvalue weighted by Crippen LogP contribution is 2.22. The molecule has 0 aliphatic carbocycles. The van der Waals surface area contributed by atoms with Gasteiger partial charge in [0.05, 0.1) is 17.1 Å². The number of nitrogens with one attached hydrogen (secondary N) is 2. The van der Waals surface area contributed by atoms with E-state index in [1.54, 1.807) is 38.2 Å². The quantitative estimate of drug-likeness (QED) is 0.730. The van der Waals surface area contributed by atoms with Gasteiger partial charge in [0.1, 0.15) is 0 Å². The van der Waals surface area contributed by atoms with Crippen molar-refractivity contribution in [2.24, 2.45) is 0 Å². The average Bonchev–Trinajstić information content (AvgIpc) is 2.77. The summed E-state index contributed by atoms with van der Waals surface area (Å²) in [7, 11) is -3.57. The number of H-pyrrole nitrogens is 1. The van der Waals surface area contributed by atoms with Gasteiger partial charge in [-0.3, -0.25) is 5.10 Å². The van der Waals surface area contributed by atoms with Crippen LogP contribution in [-0.2, 0) is 16.6 Å². The zero-order chi connectivity index (χ0) is 14.0. The molecule has 2 aromatic rings. The molecule has 1 heterocycles. The molecule has 0 fully saturated rings. The molecular formula is C12H16N4O2S. The molecule has 0 saturated heterocycles. The second-order valence-corrected chi connectivity index (χ2v) is 6.09. The minimum Gasteiger partial charge on any atom is -0.399 e. The summed E-state index contributed by atoms with van der Waals surface area (Å²) in [6.07, 6.45) is 1.57. The maximum atomic E-state index is 12.3. The highest BCUT2D eigenvalue weighted by Gasteiger charge is 2.19. The van der Waals surface area contributed by atoms with Crippen LogP contribution < -0.4 is 10.5 Å². The summed E-state index contributed by atoms with van der Waals surface area (Å²) in [4.78, 5) is 0.279. The van der Waals surface area contributed by atoms with E-state index >= 15 is 0 Å². The zero-order valence-electron chi connectivity index (χ0n) is 10.8. The molecule has 0 saturated carbocycles. The molecule has 2 rings (SSSR count). The number of nitrogens with zero attached hydrogens (tertiary/aromatic N) is 1. The van der Waals surface area contributed by atoms with Gasteiger partial charge in [0.15, 0.2) is 0 Å². The van der Waals surface area contributed by atoms with Crippen LogP contribution in [0.25, 0.3) is 0 Å². The van der Waals surface area contributed by atoms with Crippen LogP contribution in [0.15, 0.2) is 29.3 Å². The highest BCUT2D eigenvalue weighted by molar-refractivity contribution is 7.89. The fourth-order valence-corrected chi connectivity index (χ4v) is 3.49. The third-order valence-corrected chi connectivity index (χ3v) is 4.47. The van der Waals surface area contributed by atoms with Crippen LogP contribution in [0, 0.1) is 13.8 Å². The summed E-state index contributed by atoms with van der Waals surface area (Å²) >= 11 is 0. The molecule has 0 bridgehead atoms. The number of aryl methyl sites for hydroxylation is 2. The molecule has 0 aliphatic rings. The van der Waals surface area contributed by atoms with Crippen LogP contribution in [0.4, 0.5) is 5.69 Å². The molecule has 0 amide bonds. The van der Waals surface area contributed by atoms with Gasteiger partial charge in [-0.2, -0.15) is 5.10 Å². The maximum Gasteiger partial charge on any atom is 0.241 e. The van der Waals surface area contributed by atoms with Crippen molar-refractivity contribution in [3.8, 4) is 0 Å². The van der Waals surface area contributed by atoms with E-state index < -0.39 is 10.0 Å². The fraction of sp³-hybridized carbons (Fsp3) is 0.250. The molecule has 1 aromatic heterocycles. The van der Waals surface area contributed by atoms with Gasteiger partial charge in [0, 0.05) is 11.9 Å². The minimum absolute atomic E-state index is 0.172. The lowest BCUT2D eigenvalue weighted by molar-refractivity contribution is 0.579. The number of sulfonamides is 1. The van der Waals surface area contributed by atoms with Gasteiger partial charge in [-0.1, -0.05) is 0 Å². The lowest BCUT2D eigenvalue weighted by atomic mass is 10.1. The molecule has 0 spiro atoms. The first-order chi connectivity index (χ1) is 8.90. The van der Waals surface area contributed by atoms with Crippen molar-refractivity contribution >= 4 is 15.7 Å². The Kier molecular flexibility index (Phi) is 3.59. The summed E-state index contributed by atoms with van der Waals surface area (Å²) in [5, 5.41) is 6.47. The SMILES string of the molecule is Cc1cc(N)cc(C)c1S(=O)(=O)NCc1ccn[nH]1. The number of nitrogens with two attached hydrogens (primary N) is 1. The van der Waals surface area contributed by atoms with Gasteiger partial charge >= 0.3 is 0 Å². The number of hydrogen-bond donors (Lipinski definition) is 3. The molecule has 0 unspecified atom stereocenters. The Bertz CT molecular complexity index is 655. The van der Waals surface area contributed by atoms with Gasteiger partial charge in [0.25, 0.3) is 0 Å². The van der Waals surface area contributed by atoms with Crippen molar-refractivity contribution in [1.82, 2.24) is 14.9 Å². The number of rotatable bonds is 4. The Morgan fingerprint density at radius 2 is 1.95 bits per heavy atom. The molecule has 0 radical (unpaired) electrons. The van der Waals surface area contributed by atoms with Gasteiger partial charge in [-0.15, -0.1) is 0 Å². The largest absolute Gasteiger partial charge is 0.399 e. The summed E-state index contributed by atoms with van der Waals surface area (Å²) in [5.41, 5.74) is 8.22. The number of nitrogen functional groups attached to an aromatic ring is 1. The molecule has 6 nitrogen and oxygen atoms in total. The second-order valence-electron chi connectivity index (χ2n) is 4.39. The lowest BCUT2D eigenvalue weighted by Gasteiger charge is -2.12. The number of benzene rings is 1. The Morgan fingerprint density at radius 3 is 2.47 bits per heavy atom. The van der Waals surface area contributed by atoms with Crippen LogP contribution in [0.1, 0.15) is 16.8 Å². The number of hydrogen-bond acceptors (Lipinski definition) is 4. The van der Waals surface area contributed by atoms with E-state index in [9.17, 15) is 8.42 Å². The van der Waals surface area contributed by atoms with E-state index in [0.717, 1.165) is 0 Å². The Labute approximate surface area is 112 Å². The zero-order valence-corrected chi connectivity index (χ0v) is 11.6. The Balaban J connectivity index is 2.29. The summed E-state index contributed by atoms with van der Waals surface area (Å²) < 4.78 is 27.1. The smallest absolute Gasteiger partial charge is 0.241 e. The molecular weight excluding hydrogens is 264 g/mol. The Hall–Kier alpha value is -1.86. The fourth-order valence-electron chi connectivity index (χ4n) is 2.04. The minimum atomic E-state index is -3.57. The van der Waals surface area contributed by atoms with Crippen LogP contribution in [0.5, 0.6) is 0 Å². The van der Waals surface area contributed by atoms with E-state index in [2.05, 4.69) is 14.9 Å². The topological polar surface area (TPSA) is 101 Å². The number of aromatic amines is 1. The first-order valence-electron chi connectivity index (χ1n) is 5.75. The molecule has 19 heavy (non-hydrogen) atoms. The standard InChI is InChI=1S/C12H16N4O2S/c1-8-5-10(13)6-9(2)12(8)19(17,18)15-7-11-3-4-14-16-11/h3-6,15H,7,13H2,1-2H3,(H,14,16). The van der Waals surface area contributed by atoms with E-state index in [1.165, 1.54) is 0 Å². The molecule has 0 aliphatic heterocycles. The number of aromatic nitrogens is 2. The average molecular weight is 280 g/mol. The summed E-state index contributed by atoms with van der Waals surface area (Å²) in [6, 6.07) is 5.01. The Morgan fingerprint density at radius 1 is 1.32 bits per heavy atom. The molecule has 102 valence electrons. The first kappa shape index (κ1) is 13.6. The van der Waals surface area contributed by atoms with E-state index in [4.69, 9.17) is 5.73 Å². The predicted molar refractivity (Wildman–Crippen MR) is 72.9 cm³/mol. The van der Waals surface area contributed by atoms with Crippen molar-refractivity contribution in [3.63, 3.8) is 0 Å². The van der Waals surface area contributed by atoms with E-state index in [0.29, 0.717) is 22.5 Å². The first-order valence-corrected chi connectivity index (χ1v) is 7.23. The normalized spacial score (nSPS) is 11.7. The monoisotopic (exact) mass is 280 g/mol. The van der Waals surface area contributed by atoms with Gasteiger partial charge in [-0.05, 0) is 43.2 Å². The molecule has 1 aromatic carbocycles. The summed E-state index contributed by atoms with van der Waals surface area (Å²) in [5.74, 6) is 0. The van der Waals surface area contributed by atoms with Crippen molar-refractivity contribution in [3.05, 3.63) is 41.2 Å². The lowest BCUT2D eigenvalue weighted by Crippen LogP contribution is -2.25. The van der Waals surface area contributed by atoms with Crippen molar-refractivity contribution < 1.29 is 8.42 Å². The van der Waals surface area contributed by atoms with E-state index in [-0.39, 0.29) is 11.4 Å². The van der Waals surface area contributed by atoms with Crippen LogP contribution in [0.2, 0.25) is 0 Å². The third kappa shape index (κ3) is 2.94. The maximum absolute atomic E-state index is 12.3. The number of anilines is 1. The third-order valence-electron chi connectivity index (χ3n) is 2.76. The van der Waals surface area contributed by atoms with E-state index in [1.807, 2.05) is 0 Å². The molecule has 4 N–H and O–H groups in total. The second kappa shape index (κ2) is 5.02. The van der Waals surface area contributed by atoms with Crippen molar-refractivity contribution in [2.45, 2.75) is 25.3 Å². The van der Waals surface area contributed by atoms with Crippen molar-refractivity contribution in [2.75, 3.05) is 5.73 Å². The predicted octanol–water partition coefficient (Wildman–Crippen LogP) is 1.09. The van der Waals surface area contributed by atoms with Gasteiger partial charge < -0.3 is 5.73 Å². The van der Waals surface area contributed by atoms with Gasteiger partial charge in [0.2, 0.25) is 10.0 Å². The molecule has 0 atom stereocenters. The van der Waals surface area contributed by atoms with Crippen LogP contribution >= 0.6 is 0 Å².